The van der Waals surface area contributed by atoms with Crippen LogP contribution in [0.5, 0.6) is 34.5 Å². The average molecular weight is 1100 g/mol. The van der Waals surface area contributed by atoms with E-state index in [0.29, 0.717) is 68.3 Å². The van der Waals surface area contributed by atoms with Crippen molar-refractivity contribution in [3.63, 3.8) is 0 Å². The van der Waals surface area contributed by atoms with Crippen LogP contribution in [0.2, 0.25) is 0 Å². The quantitative estimate of drug-likeness (QED) is 0.0454. The zero-order valence-corrected chi connectivity index (χ0v) is 41.8. The molecule has 13 rings (SSSR count). The van der Waals surface area contributed by atoms with Gasteiger partial charge >= 0.3 is 437 Å². The van der Waals surface area contributed by atoms with Gasteiger partial charge in [-0.2, -0.15) is 0 Å². The molecule has 1 aliphatic rings. The number of rotatable bonds is 18. The predicted octanol–water partition coefficient (Wildman–Crippen LogP) is 6.04. The topological polar surface area (TPSA) is 419 Å². The van der Waals surface area contributed by atoms with E-state index in [1.807, 2.05) is 0 Å². The second-order valence-corrected chi connectivity index (χ2v) is 23.4. The number of benzene rings is 6. The van der Waals surface area contributed by atoms with Crippen LogP contribution in [0.4, 0.5) is 0 Å². The molecule has 0 bridgehead atoms. The number of tetrazole rings is 6. The Kier molecular flexibility index (Phi) is 11.7. The number of hydrogen-bond acceptors (Lipinski definition) is 27. The van der Waals surface area contributed by atoms with Gasteiger partial charge in [0.15, 0.2) is 0 Å². The Labute approximate surface area is 435 Å². The summed E-state index contributed by atoms with van der Waals surface area (Å²) in [6, 6.07) is 40.9. The van der Waals surface area contributed by atoms with Gasteiger partial charge in [-0.05, 0) is 0 Å². The minimum atomic E-state index is -5.85. The summed E-state index contributed by atoms with van der Waals surface area (Å²) in [5, 5.41) is 86.1. The van der Waals surface area contributed by atoms with E-state index in [0.717, 1.165) is 0 Å². The molecule has 0 atom stereocenters. The van der Waals surface area contributed by atoms with E-state index < -0.39 is 15.2 Å². The monoisotopic (exact) mass is 1100 g/mol. The van der Waals surface area contributed by atoms with Crippen LogP contribution in [-0.4, -0.2) is 124 Å². The number of aromatic amines is 6. The number of H-pyrrole nitrogens is 6. The minimum absolute atomic E-state index is 0.0293. The maximum atomic E-state index is 7.39. The predicted molar refractivity (Wildman–Crippen MR) is 271 cm³/mol. The molecule has 0 radical (unpaired) electrons. The van der Waals surface area contributed by atoms with Gasteiger partial charge in [0.25, 0.3) is 0 Å². The molecule has 0 unspecified atom stereocenters. The SMILES string of the molecule is c1cc(-c2nnn[nH]2)ccc1OP1(Oc2ccc(-c3nnn[nH]3)cc2)(Oc2ccc(-c3nnn[nH]3)cc2)N=PNP(Oc2ccc(-c3nnn[nH]3)cc2)(Oc2ccc(-c3nnn[nH]3)cc2)(Oc2ccc(-c3nnn[nH]3)cc2)N1. The Morgan fingerprint density at radius 3 is 0.705 bits per heavy atom. The Morgan fingerprint density at radius 1 is 0.282 bits per heavy atom. The van der Waals surface area contributed by atoms with Crippen molar-refractivity contribution in [1.29, 1.82) is 0 Å². The van der Waals surface area contributed by atoms with E-state index in [2.05, 4.69) is 133 Å². The van der Waals surface area contributed by atoms with Crippen molar-refractivity contribution < 1.29 is 27.1 Å². The number of nitrogens with one attached hydrogen (secondary N) is 8. The first-order valence-corrected chi connectivity index (χ1v) is 27.4. The molecule has 0 saturated heterocycles. The third kappa shape index (κ3) is 9.46. The molecule has 0 spiro atoms. The van der Waals surface area contributed by atoms with Crippen molar-refractivity contribution in [2.75, 3.05) is 0 Å². The molecule has 386 valence electrons. The second kappa shape index (κ2) is 19.3. The van der Waals surface area contributed by atoms with Gasteiger partial charge in [0, 0.05) is 0 Å². The average Bonchev–Trinajstić information content (AvgIpc) is 3.84. The van der Waals surface area contributed by atoms with Gasteiger partial charge in [-0.1, -0.05) is 0 Å². The van der Waals surface area contributed by atoms with Crippen molar-refractivity contribution in [3.8, 4) is 103 Å². The molecule has 0 aliphatic carbocycles. The molecule has 12 aromatic rings. The van der Waals surface area contributed by atoms with E-state index in [1.54, 1.807) is 146 Å². The first kappa shape index (κ1) is 47.2. The Balaban J connectivity index is 1.04. The van der Waals surface area contributed by atoms with Gasteiger partial charge in [-0.25, -0.2) is 0 Å². The summed E-state index contributed by atoms with van der Waals surface area (Å²) in [5.74, 6) is 3.43. The second-order valence-electron chi connectivity index (χ2n) is 16.3. The van der Waals surface area contributed by atoms with Crippen molar-refractivity contribution in [2.24, 2.45) is 4.52 Å². The Morgan fingerprint density at radius 2 is 0.500 bits per heavy atom. The summed E-state index contributed by atoms with van der Waals surface area (Å²) < 4.78 is 49.4. The standard InChI is InChI=1S/C42H32N27O6P3/c1-13-31(14-2-25(1)37-43-55-56-44-37)70-77(71-32-15-3-26(4-16-32)38-45-57-58-46-38,72-33-17-5-27(6-18-33)39-47-59-60-48-39)67-76-68-78(69-77,73-34-19-7-28(8-20-34)40-49-61-62-50-40,74-35-21-9-29(10-22-35)41-51-63-64-52-41)75-36-23-11-30(12-24-36)42-53-65-66-54-42/h1-24,69H,(H,67,68)(H,43,44,55,56)(H,45,46,57,58)(H,47,48,59,60)(H,49,50,61,62)(H,51,52,63,64)(H,53,54,65,66). The number of nitrogens with zero attached hydrogens (tertiary/aromatic N) is 19. The zero-order chi connectivity index (χ0) is 52.3. The van der Waals surface area contributed by atoms with Crippen LogP contribution < -0.4 is 36.9 Å². The Hall–Kier alpha value is -10.6. The van der Waals surface area contributed by atoms with Gasteiger partial charge in [-0.15, -0.1) is 0 Å². The summed E-state index contributed by atoms with van der Waals surface area (Å²) in [5.41, 5.74) is 3.73. The summed E-state index contributed by atoms with van der Waals surface area (Å²) in [6.07, 6.45) is 0. The third-order valence-electron chi connectivity index (χ3n) is 11.2. The van der Waals surface area contributed by atoms with Crippen molar-refractivity contribution in [1.82, 2.24) is 133 Å². The van der Waals surface area contributed by atoms with E-state index in [-0.39, 0.29) is 43.0 Å². The van der Waals surface area contributed by atoms with Crippen LogP contribution in [-0.2, 0) is 0 Å². The van der Waals surface area contributed by atoms with Crippen molar-refractivity contribution in [2.45, 2.75) is 0 Å². The van der Waals surface area contributed by atoms with Crippen LogP contribution in [0.1, 0.15) is 0 Å². The van der Waals surface area contributed by atoms with Gasteiger partial charge in [-0.3, -0.25) is 0 Å². The summed E-state index contributed by atoms with van der Waals surface area (Å²) >= 11 is 0. The van der Waals surface area contributed by atoms with Crippen LogP contribution in [0.15, 0.2) is 150 Å². The molecule has 8 N–H and O–H groups in total. The van der Waals surface area contributed by atoms with E-state index >= 15 is 0 Å². The zero-order valence-electron chi connectivity index (χ0n) is 39.1. The molecule has 33 nitrogen and oxygen atoms in total. The fourth-order valence-electron chi connectivity index (χ4n) is 7.72. The van der Waals surface area contributed by atoms with Crippen molar-refractivity contribution >= 4 is 23.7 Å². The van der Waals surface area contributed by atoms with Crippen LogP contribution in [0.3, 0.4) is 0 Å². The molecule has 7 heterocycles. The number of hydrogen-bond donors (Lipinski definition) is 8. The van der Waals surface area contributed by atoms with E-state index in [1.165, 1.54) is 0 Å². The molecular weight excluding hydrogens is 1070 g/mol. The fraction of sp³-hybridized carbons (Fsp3) is 0. The normalized spacial score (nSPS) is 16.1. The first-order chi connectivity index (χ1) is 38.3. The molecule has 78 heavy (non-hydrogen) atoms. The number of aromatic nitrogens is 24. The van der Waals surface area contributed by atoms with Gasteiger partial charge < -0.3 is 0 Å². The molecule has 6 aromatic heterocycles. The molecule has 0 saturated carbocycles. The molecule has 36 heteroatoms. The van der Waals surface area contributed by atoms with Gasteiger partial charge in [0.1, 0.15) is 0 Å². The molecule has 1 aliphatic heterocycles. The third-order valence-corrected chi connectivity index (χ3v) is 20.5. The molecular formula is C42H32N27O6P3. The summed E-state index contributed by atoms with van der Waals surface area (Å²) in [4.78, 5) is 6.96. The summed E-state index contributed by atoms with van der Waals surface area (Å²) in [6.45, 7) is 0. The maximum absolute atomic E-state index is 7.39. The molecule has 6 aromatic carbocycles. The molecule has 0 fully saturated rings. The van der Waals surface area contributed by atoms with E-state index in [4.69, 9.17) is 31.7 Å². The van der Waals surface area contributed by atoms with E-state index in [9.17, 15) is 0 Å². The van der Waals surface area contributed by atoms with Crippen LogP contribution >= 0.6 is 23.7 Å². The summed E-state index contributed by atoms with van der Waals surface area (Å²) in [7, 11) is -11.6. The molecule has 0 amide bonds. The van der Waals surface area contributed by atoms with Crippen LogP contribution in [0.25, 0.3) is 68.3 Å². The Bertz CT molecular complexity index is 3530. The fourth-order valence-corrected chi connectivity index (χ4v) is 18.0. The van der Waals surface area contributed by atoms with Crippen molar-refractivity contribution in [3.05, 3.63) is 146 Å². The first-order valence-electron chi connectivity index (χ1n) is 22.6. The van der Waals surface area contributed by atoms with Gasteiger partial charge in [0.2, 0.25) is 0 Å². The van der Waals surface area contributed by atoms with Gasteiger partial charge in [0.05, 0.1) is 0 Å². The van der Waals surface area contributed by atoms with Crippen LogP contribution in [0, 0.1) is 0 Å².